The van der Waals surface area contributed by atoms with Gasteiger partial charge in [-0.05, 0) is 25.0 Å². The Morgan fingerprint density at radius 2 is 1.92 bits per heavy atom. The van der Waals surface area contributed by atoms with Crippen LogP contribution in [0.5, 0.6) is 11.5 Å². The second-order valence-corrected chi connectivity index (χ2v) is 3.04. The number of aliphatic hydroxyl groups is 1. The lowest BCUT2D eigenvalue weighted by molar-refractivity contribution is 0.190. The SMILES string of the molecule is CCc1ccc(O)c(C(C)O)c1O. The van der Waals surface area contributed by atoms with Crippen LogP contribution in [0.1, 0.15) is 31.1 Å². The van der Waals surface area contributed by atoms with Crippen molar-refractivity contribution in [3.63, 3.8) is 0 Å². The monoisotopic (exact) mass is 182 g/mol. The lowest BCUT2D eigenvalue weighted by atomic mass is 10.0. The molecule has 0 spiro atoms. The number of phenols is 2. The number of aliphatic hydroxyl groups excluding tert-OH is 1. The molecule has 0 amide bonds. The average molecular weight is 182 g/mol. The van der Waals surface area contributed by atoms with E-state index in [1.165, 1.54) is 13.0 Å². The van der Waals surface area contributed by atoms with Gasteiger partial charge in [-0.25, -0.2) is 0 Å². The molecule has 0 fully saturated rings. The molecule has 3 heteroatoms. The Balaban J connectivity index is 3.30. The lowest BCUT2D eigenvalue weighted by Gasteiger charge is -2.12. The number of benzene rings is 1. The van der Waals surface area contributed by atoms with E-state index in [4.69, 9.17) is 0 Å². The summed E-state index contributed by atoms with van der Waals surface area (Å²) in [5.74, 6) is -0.0674. The van der Waals surface area contributed by atoms with Gasteiger partial charge in [0.25, 0.3) is 0 Å². The molecule has 1 unspecified atom stereocenters. The molecule has 72 valence electrons. The molecule has 1 rings (SSSR count). The quantitative estimate of drug-likeness (QED) is 0.652. The minimum atomic E-state index is -0.855. The lowest BCUT2D eigenvalue weighted by Crippen LogP contribution is -1.95. The first kappa shape index (κ1) is 9.86. The summed E-state index contributed by atoms with van der Waals surface area (Å²) in [7, 11) is 0. The molecule has 0 aliphatic carbocycles. The molecule has 3 N–H and O–H groups in total. The summed E-state index contributed by atoms with van der Waals surface area (Å²) >= 11 is 0. The molecule has 1 atom stereocenters. The van der Waals surface area contributed by atoms with Gasteiger partial charge in [0.2, 0.25) is 0 Å². The molecular weight excluding hydrogens is 168 g/mol. The van der Waals surface area contributed by atoms with Gasteiger partial charge in [-0.1, -0.05) is 13.0 Å². The van der Waals surface area contributed by atoms with E-state index in [0.717, 1.165) is 5.56 Å². The van der Waals surface area contributed by atoms with Gasteiger partial charge in [-0.15, -0.1) is 0 Å². The van der Waals surface area contributed by atoms with Crippen LogP contribution in [0.15, 0.2) is 12.1 Å². The molecule has 0 radical (unpaired) electrons. The molecule has 1 aromatic carbocycles. The highest BCUT2D eigenvalue weighted by Gasteiger charge is 2.15. The number of hydrogen-bond acceptors (Lipinski definition) is 3. The van der Waals surface area contributed by atoms with Crippen LogP contribution in [0, 0.1) is 0 Å². The highest BCUT2D eigenvalue weighted by atomic mass is 16.3. The summed E-state index contributed by atoms with van der Waals surface area (Å²) in [6.45, 7) is 3.41. The predicted octanol–water partition coefficient (Wildman–Crippen LogP) is 1.71. The van der Waals surface area contributed by atoms with Gasteiger partial charge < -0.3 is 15.3 Å². The zero-order valence-electron chi connectivity index (χ0n) is 7.78. The Labute approximate surface area is 77.3 Å². The molecule has 0 bridgehead atoms. The van der Waals surface area contributed by atoms with Crippen LogP contribution in [0.25, 0.3) is 0 Å². The smallest absolute Gasteiger partial charge is 0.128 e. The van der Waals surface area contributed by atoms with Gasteiger partial charge >= 0.3 is 0 Å². The van der Waals surface area contributed by atoms with Crippen LogP contribution >= 0.6 is 0 Å². The molecule has 1 aromatic rings. The Morgan fingerprint density at radius 1 is 1.31 bits per heavy atom. The molecule has 0 aliphatic heterocycles. The Bertz CT molecular complexity index is 305. The number of aryl methyl sites for hydroxylation is 1. The average Bonchev–Trinajstić information content (AvgIpc) is 2.04. The van der Waals surface area contributed by atoms with Gasteiger partial charge in [0.15, 0.2) is 0 Å². The van der Waals surface area contributed by atoms with Gasteiger partial charge in [-0.2, -0.15) is 0 Å². The fourth-order valence-electron chi connectivity index (χ4n) is 1.34. The number of hydrogen-bond donors (Lipinski definition) is 3. The van der Waals surface area contributed by atoms with Crippen LogP contribution in [0.4, 0.5) is 0 Å². The normalized spacial score (nSPS) is 12.8. The first-order valence-corrected chi connectivity index (χ1v) is 4.29. The van der Waals surface area contributed by atoms with Crippen molar-refractivity contribution in [2.24, 2.45) is 0 Å². The van der Waals surface area contributed by atoms with Crippen molar-refractivity contribution in [3.05, 3.63) is 23.3 Å². The van der Waals surface area contributed by atoms with E-state index in [1.54, 1.807) is 6.07 Å². The summed E-state index contributed by atoms with van der Waals surface area (Å²) in [6.07, 6.45) is -0.183. The largest absolute Gasteiger partial charge is 0.507 e. The van der Waals surface area contributed by atoms with Crippen molar-refractivity contribution in [1.29, 1.82) is 0 Å². The molecule has 3 nitrogen and oxygen atoms in total. The van der Waals surface area contributed by atoms with Crippen molar-refractivity contribution in [3.8, 4) is 11.5 Å². The summed E-state index contributed by atoms with van der Waals surface area (Å²) in [4.78, 5) is 0. The maximum atomic E-state index is 9.62. The minimum absolute atomic E-state index is 0.00231. The fraction of sp³-hybridized carbons (Fsp3) is 0.400. The van der Waals surface area contributed by atoms with Crippen LogP contribution in [-0.4, -0.2) is 15.3 Å². The topological polar surface area (TPSA) is 60.7 Å². The second-order valence-electron chi connectivity index (χ2n) is 3.04. The van der Waals surface area contributed by atoms with E-state index in [0.29, 0.717) is 6.42 Å². The van der Waals surface area contributed by atoms with Gasteiger partial charge in [0, 0.05) is 0 Å². The number of rotatable bonds is 2. The zero-order chi connectivity index (χ0) is 10.0. The molecule has 0 aliphatic rings. The van der Waals surface area contributed by atoms with E-state index in [1.807, 2.05) is 6.92 Å². The Morgan fingerprint density at radius 3 is 2.38 bits per heavy atom. The van der Waals surface area contributed by atoms with Gasteiger partial charge in [-0.3, -0.25) is 0 Å². The number of aromatic hydroxyl groups is 2. The van der Waals surface area contributed by atoms with Crippen molar-refractivity contribution in [1.82, 2.24) is 0 Å². The maximum Gasteiger partial charge on any atom is 0.128 e. The Kier molecular flexibility index (Phi) is 2.78. The van der Waals surface area contributed by atoms with Gasteiger partial charge in [0.1, 0.15) is 11.5 Å². The summed E-state index contributed by atoms with van der Waals surface area (Å²) in [5, 5.41) is 28.3. The van der Waals surface area contributed by atoms with Crippen LogP contribution in [0.2, 0.25) is 0 Å². The zero-order valence-corrected chi connectivity index (χ0v) is 7.78. The van der Waals surface area contributed by atoms with Crippen LogP contribution < -0.4 is 0 Å². The van der Waals surface area contributed by atoms with Crippen molar-refractivity contribution < 1.29 is 15.3 Å². The van der Waals surface area contributed by atoms with Gasteiger partial charge in [0.05, 0.1) is 11.7 Å². The van der Waals surface area contributed by atoms with E-state index >= 15 is 0 Å². The summed E-state index contributed by atoms with van der Waals surface area (Å²) in [5.41, 5.74) is 0.938. The third-order valence-electron chi connectivity index (χ3n) is 2.08. The Hall–Kier alpha value is -1.22. The van der Waals surface area contributed by atoms with E-state index in [2.05, 4.69) is 0 Å². The minimum Gasteiger partial charge on any atom is -0.507 e. The van der Waals surface area contributed by atoms with E-state index < -0.39 is 6.10 Å². The second kappa shape index (κ2) is 3.66. The molecule has 0 saturated heterocycles. The molecule has 0 saturated carbocycles. The summed E-state index contributed by atoms with van der Waals surface area (Å²) in [6, 6.07) is 3.14. The summed E-state index contributed by atoms with van der Waals surface area (Å²) < 4.78 is 0. The third kappa shape index (κ3) is 1.75. The molecule has 0 heterocycles. The van der Waals surface area contributed by atoms with E-state index in [-0.39, 0.29) is 17.1 Å². The highest BCUT2D eigenvalue weighted by Crippen LogP contribution is 2.35. The first-order chi connectivity index (χ1) is 6.07. The van der Waals surface area contributed by atoms with E-state index in [9.17, 15) is 15.3 Å². The third-order valence-corrected chi connectivity index (χ3v) is 2.08. The van der Waals surface area contributed by atoms with Crippen molar-refractivity contribution >= 4 is 0 Å². The predicted molar refractivity (Wildman–Crippen MR) is 49.8 cm³/mol. The van der Waals surface area contributed by atoms with Crippen LogP contribution in [-0.2, 0) is 6.42 Å². The number of phenolic OH excluding ortho intramolecular Hbond substituents is 2. The molecule has 13 heavy (non-hydrogen) atoms. The van der Waals surface area contributed by atoms with Crippen LogP contribution in [0.3, 0.4) is 0 Å². The maximum absolute atomic E-state index is 9.62. The fourth-order valence-corrected chi connectivity index (χ4v) is 1.34. The highest BCUT2D eigenvalue weighted by molar-refractivity contribution is 5.49. The first-order valence-electron chi connectivity index (χ1n) is 4.29. The van der Waals surface area contributed by atoms with Crippen molar-refractivity contribution in [2.75, 3.05) is 0 Å². The molecular formula is C10H14O3. The standard InChI is InChI=1S/C10H14O3/c1-3-7-4-5-8(12)9(6(2)11)10(7)13/h4-6,11-13H,3H2,1-2H3. The van der Waals surface area contributed by atoms with Crippen molar-refractivity contribution in [2.45, 2.75) is 26.4 Å². The molecule has 0 aromatic heterocycles.